The molecule has 1 aromatic carbocycles. The average Bonchev–Trinajstić information content (AvgIpc) is 3.30. The Kier molecular flexibility index (Phi) is 5.73. The number of thiazole rings is 1. The van der Waals surface area contributed by atoms with Gasteiger partial charge in [0.1, 0.15) is 12.4 Å². The molecule has 2 heterocycles. The van der Waals surface area contributed by atoms with E-state index in [0.29, 0.717) is 5.92 Å². The molecule has 0 fully saturated rings. The van der Waals surface area contributed by atoms with E-state index in [-0.39, 0.29) is 18.6 Å². The Morgan fingerprint density at radius 3 is 2.73 bits per heavy atom. The summed E-state index contributed by atoms with van der Waals surface area (Å²) in [4.78, 5) is 17.0. The summed E-state index contributed by atoms with van der Waals surface area (Å²) >= 11 is 1.62. The van der Waals surface area contributed by atoms with Gasteiger partial charge in [0, 0.05) is 23.6 Å². The first-order valence-electron chi connectivity index (χ1n) is 8.53. The van der Waals surface area contributed by atoms with Gasteiger partial charge in [0.25, 0.3) is 0 Å². The summed E-state index contributed by atoms with van der Waals surface area (Å²) in [7, 11) is 0. The first kappa shape index (κ1) is 18.2. The minimum Gasteiger partial charge on any atom is -0.464 e. The van der Waals surface area contributed by atoms with Crippen LogP contribution in [0.3, 0.4) is 0 Å². The number of furan rings is 1. The van der Waals surface area contributed by atoms with Gasteiger partial charge in [0.05, 0.1) is 12.3 Å². The molecule has 0 bridgehead atoms. The van der Waals surface area contributed by atoms with Crippen LogP contribution in [-0.2, 0) is 9.53 Å². The third-order valence-electron chi connectivity index (χ3n) is 3.97. The fourth-order valence-electron chi connectivity index (χ4n) is 2.64. The average molecular weight is 370 g/mol. The number of esters is 1. The van der Waals surface area contributed by atoms with Gasteiger partial charge >= 0.3 is 5.97 Å². The lowest BCUT2D eigenvalue weighted by Gasteiger charge is -2.20. The third-order valence-corrected chi connectivity index (χ3v) is 5.20. The molecule has 0 aliphatic heterocycles. The van der Waals surface area contributed by atoms with Crippen molar-refractivity contribution in [2.24, 2.45) is 0 Å². The predicted octanol–water partition coefficient (Wildman–Crippen LogP) is 5.24. The summed E-state index contributed by atoms with van der Waals surface area (Å²) in [5.74, 6) is 0.886. The van der Waals surface area contributed by atoms with Crippen molar-refractivity contribution < 1.29 is 13.9 Å². The van der Waals surface area contributed by atoms with Gasteiger partial charge in [0.15, 0.2) is 5.13 Å². The molecule has 0 spiro atoms. The molecule has 3 aromatic rings. The van der Waals surface area contributed by atoms with Crippen LogP contribution in [-0.4, -0.2) is 17.6 Å². The minimum absolute atomic E-state index is 0.212. The summed E-state index contributed by atoms with van der Waals surface area (Å²) in [5, 5.41) is 4.22. The number of carbonyl (C=O) groups excluding carboxylic acids is 1. The van der Waals surface area contributed by atoms with E-state index in [1.807, 2.05) is 42.6 Å². The second-order valence-electron chi connectivity index (χ2n) is 6.29. The van der Waals surface area contributed by atoms with Gasteiger partial charge in [0.2, 0.25) is 0 Å². The molecule has 136 valence electrons. The standard InChI is InChI=1S/C20H22N2O3S/c1-13(2)19-11-21-20(26-19)22-17(12-25-14(3)23)15-7-4-5-8-16(15)18-9-6-10-24-18/h4-11,13,17H,12H2,1-3H3,(H,21,22). The molecule has 26 heavy (non-hydrogen) atoms. The summed E-state index contributed by atoms with van der Waals surface area (Å²) in [6, 6.07) is 11.5. The summed E-state index contributed by atoms with van der Waals surface area (Å²) in [5.41, 5.74) is 1.95. The Bertz CT molecular complexity index is 856. The van der Waals surface area contributed by atoms with Crippen molar-refractivity contribution in [2.45, 2.75) is 32.7 Å². The molecule has 0 radical (unpaired) electrons. The van der Waals surface area contributed by atoms with Gasteiger partial charge in [-0.2, -0.15) is 0 Å². The zero-order valence-corrected chi connectivity index (χ0v) is 15.9. The van der Waals surface area contributed by atoms with Crippen LogP contribution in [0.1, 0.15) is 43.2 Å². The van der Waals surface area contributed by atoms with Crippen LogP contribution in [0, 0.1) is 0 Å². The largest absolute Gasteiger partial charge is 0.464 e. The number of benzene rings is 1. The number of nitrogens with zero attached hydrogens (tertiary/aromatic N) is 1. The Morgan fingerprint density at radius 1 is 1.27 bits per heavy atom. The highest BCUT2D eigenvalue weighted by Crippen LogP contribution is 2.33. The smallest absolute Gasteiger partial charge is 0.302 e. The van der Waals surface area contributed by atoms with Gasteiger partial charge in [-0.25, -0.2) is 4.98 Å². The number of ether oxygens (including phenoxy) is 1. The van der Waals surface area contributed by atoms with Gasteiger partial charge in [-0.1, -0.05) is 38.1 Å². The second-order valence-corrected chi connectivity index (χ2v) is 7.35. The Hall–Kier alpha value is -2.60. The van der Waals surface area contributed by atoms with Crippen molar-refractivity contribution in [3.8, 4) is 11.3 Å². The molecule has 1 N–H and O–H groups in total. The fraction of sp³-hybridized carbons (Fsp3) is 0.300. The molecular weight excluding hydrogens is 348 g/mol. The maximum Gasteiger partial charge on any atom is 0.302 e. The number of hydrogen-bond acceptors (Lipinski definition) is 6. The Labute approximate surface area is 157 Å². The number of nitrogens with one attached hydrogen (secondary N) is 1. The maximum absolute atomic E-state index is 11.4. The monoisotopic (exact) mass is 370 g/mol. The van der Waals surface area contributed by atoms with Crippen molar-refractivity contribution in [3.05, 3.63) is 59.3 Å². The van der Waals surface area contributed by atoms with E-state index < -0.39 is 0 Å². The van der Waals surface area contributed by atoms with Crippen LogP contribution in [0.5, 0.6) is 0 Å². The molecule has 6 heteroatoms. The van der Waals surface area contributed by atoms with E-state index in [2.05, 4.69) is 24.1 Å². The highest BCUT2D eigenvalue weighted by atomic mass is 32.1. The van der Waals surface area contributed by atoms with Gasteiger partial charge in [-0.05, 0) is 23.6 Å². The minimum atomic E-state index is -0.311. The molecule has 2 aromatic heterocycles. The highest BCUT2D eigenvalue weighted by molar-refractivity contribution is 7.15. The quantitative estimate of drug-likeness (QED) is 0.576. The lowest BCUT2D eigenvalue weighted by molar-refractivity contribution is -0.141. The molecular formula is C20H22N2O3S. The molecule has 0 aliphatic rings. The Balaban J connectivity index is 1.92. The second kappa shape index (κ2) is 8.19. The Morgan fingerprint density at radius 2 is 2.08 bits per heavy atom. The number of carbonyl (C=O) groups is 1. The van der Waals surface area contributed by atoms with E-state index in [1.165, 1.54) is 11.8 Å². The normalized spacial score (nSPS) is 12.2. The summed E-state index contributed by atoms with van der Waals surface area (Å²) in [6.45, 7) is 5.90. The SMILES string of the molecule is CC(=O)OCC(Nc1ncc(C(C)C)s1)c1ccccc1-c1ccco1. The summed E-state index contributed by atoms with van der Waals surface area (Å²) < 4.78 is 10.9. The number of anilines is 1. The van der Waals surface area contributed by atoms with Crippen LogP contribution in [0.15, 0.2) is 53.3 Å². The summed E-state index contributed by atoms with van der Waals surface area (Å²) in [6.07, 6.45) is 3.54. The zero-order valence-electron chi connectivity index (χ0n) is 15.1. The zero-order chi connectivity index (χ0) is 18.5. The van der Waals surface area contributed by atoms with E-state index in [0.717, 1.165) is 22.0 Å². The van der Waals surface area contributed by atoms with Crippen molar-refractivity contribution in [1.82, 2.24) is 4.98 Å². The van der Waals surface area contributed by atoms with Crippen LogP contribution in [0.25, 0.3) is 11.3 Å². The topological polar surface area (TPSA) is 64.4 Å². The lowest BCUT2D eigenvalue weighted by atomic mass is 9.99. The molecule has 3 rings (SSSR count). The third kappa shape index (κ3) is 4.32. The van der Waals surface area contributed by atoms with Gasteiger partial charge < -0.3 is 14.5 Å². The van der Waals surface area contributed by atoms with Crippen LogP contribution < -0.4 is 5.32 Å². The molecule has 0 saturated heterocycles. The van der Waals surface area contributed by atoms with Crippen LogP contribution in [0.2, 0.25) is 0 Å². The van der Waals surface area contributed by atoms with Crippen molar-refractivity contribution in [1.29, 1.82) is 0 Å². The fourth-order valence-corrected chi connectivity index (χ4v) is 3.51. The van der Waals surface area contributed by atoms with E-state index in [1.54, 1.807) is 17.6 Å². The molecule has 1 unspecified atom stereocenters. The van der Waals surface area contributed by atoms with Crippen molar-refractivity contribution in [2.75, 3.05) is 11.9 Å². The first-order valence-corrected chi connectivity index (χ1v) is 9.34. The van der Waals surface area contributed by atoms with Crippen LogP contribution in [0.4, 0.5) is 5.13 Å². The lowest BCUT2D eigenvalue weighted by Crippen LogP contribution is -2.19. The van der Waals surface area contributed by atoms with Crippen molar-refractivity contribution >= 4 is 22.4 Å². The number of hydrogen-bond donors (Lipinski definition) is 1. The highest BCUT2D eigenvalue weighted by Gasteiger charge is 2.20. The van der Waals surface area contributed by atoms with Crippen molar-refractivity contribution in [3.63, 3.8) is 0 Å². The van der Waals surface area contributed by atoms with Gasteiger partial charge in [-0.3, -0.25) is 4.79 Å². The molecule has 0 aliphatic carbocycles. The van der Waals surface area contributed by atoms with E-state index in [4.69, 9.17) is 9.15 Å². The number of rotatable bonds is 7. The van der Waals surface area contributed by atoms with E-state index in [9.17, 15) is 4.79 Å². The van der Waals surface area contributed by atoms with E-state index >= 15 is 0 Å². The molecule has 1 atom stereocenters. The first-order chi connectivity index (χ1) is 12.5. The maximum atomic E-state index is 11.4. The number of aromatic nitrogens is 1. The predicted molar refractivity (Wildman–Crippen MR) is 103 cm³/mol. The molecule has 0 saturated carbocycles. The molecule has 0 amide bonds. The van der Waals surface area contributed by atoms with Crippen LogP contribution >= 0.6 is 11.3 Å². The van der Waals surface area contributed by atoms with Gasteiger partial charge in [-0.15, -0.1) is 11.3 Å². The molecule has 5 nitrogen and oxygen atoms in total.